The monoisotopic (exact) mass is 266 g/mol. The van der Waals surface area contributed by atoms with E-state index in [9.17, 15) is 18.0 Å². The van der Waals surface area contributed by atoms with Gasteiger partial charge in [-0.3, -0.25) is 0 Å². The molecule has 0 saturated carbocycles. The highest BCUT2D eigenvalue weighted by Gasteiger charge is 2.41. The summed E-state index contributed by atoms with van der Waals surface area (Å²) in [5, 5.41) is 4.23. The highest BCUT2D eigenvalue weighted by atomic mass is 35.5. The Morgan fingerprint density at radius 3 is 2.24 bits per heavy atom. The number of carbonyl (C=O) groups excluding carboxylic acids is 1. The molecule has 1 atom stereocenters. The van der Waals surface area contributed by atoms with Crippen LogP contribution in [0.1, 0.15) is 11.6 Å². The quantitative estimate of drug-likeness (QED) is 0.849. The fourth-order valence-electron chi connectivity index (χ4n) is 1.21. The smallest absolute Gasteiger partial charge is 0.341 e. The summed E-state index contributed by atoms with van der Waals surface area (Å²) in [5.41, 5.74) is -0.0782. The minimum absolute atomic E-state index is 0.0782. The Hall–Kier alpha value is -1.43. The van der Waals surface area contributed by atoms with Crippen LogP contribution in [0.25, 0.3) is 0 Å². The van der Waals surface area contributed by atoms with Crippen molar-refractivity contribution in [2.75, 3.05) is 7.05 Å². The lowest BCUT2D eigenvalue weighted by atomic mass is 10.1. The third-order valence-corrected chi connectivity index (χ3v) is 2.29. The number of nitrogens with one attached hydrogen (secondary N) is 2. The number of rotatable bonds is 2. The standard InChI is InChI=1S/C10H10ClF3N2O/c1-15-9(17)16-8(10(12,13)14)6-2-4-7(11)5-3-6/h2-5,8H,1H3,(H2,15,16,17). The maximum absolute atomic E-state index is 12.7. The molecule has 2 N–H and O–H groups in total. The molecule has 1 aromatic carbocycles. The molecule has 1 aromatic rings. The van der Waals surface area contributed by atoms with Gasteiger partial charge in [0.05, 0.1) is 0 Å². The fourth-order valence-corrected chi connectivity index (χ4v) is 1.34. The average Bonchev–Trinajstić information content (AvgIpc) is 2.25. The van der Waals surface area contributed by atoms with Gasteiger partial charge in [0.15, 0.2) is 6.04 Å². The fraction of sp³-hybridized carbons (Fsp3) is 0.300. The molecule has 3 nitrogen and oxygen atoms in total. The summed E-state index contributed by atoms with van der Waals surface area (Å²) in [6.45, 7) is 0. The molecule has 1 unspecified atom stereocenters. The van der Waals surface area contributed by atoms with E-state index in [4.69, 9.17) is 11.6 Å². The number of benzene rings is 1. The van der Waals surface area contributed by atoms with Crippen molar-refractivity contribution < 1.29 is 18.0 Å². The first kappa shape index (κ1) is 13.6. The second-order valence-electron chi connectivity index (χ2n) is 3.25. The van der Waals surface area contributed by atoms with Crippen LogP contribution < -0.4 is 10.6 Å². The zero-order valence-electron chi connectivity index (χ0n) is 8.81. The molecule has 0 fully saturated rings. The summed E-state index contributed by atoms with van der Waals surface area (Å²) >= 11 is 5.58. The third-order valence-electron chi connectivity index (χ3n) is 2.03. The van der Waals surface area contributed by atoms with Gasteiger partial charge >= 0.3 is 12.2 Å². The Morgan fingerprint density at radius 2 is 1.82 bits per heavy atom. The predicted molar refractivity (Wildman–Crippen MR) is 57.8 cm³/mol. The van der Waals surface area contributed by atoms with Crippen LogP contribution >= 0.6 is 11.6 Å². The number of hydrogen-bond acceptors (Lipinski definition) is 1. The minimum atomic E-state index is -4.57. The normalized spacial score (nSPS) is 13.0. The Balaban J connectivity index is 2.98. The van der Waals surface area contributed by atoms with E-state index < -0.39 is 18.2 Å². The summed E-state index contributed by atoms with van der Waals surface area (Å²) in [6, 6.07) is 2.15. The first-order valence-corrected chi connectivity index (χ1v) is 5.03. The lowest BCUT2D eigenvalue weighted by Gasteiger charge is -2.21. The van der Waals surface area contributed by atoms with Crippen LogP contribution in [0.4, 0.5) is 18.0 Å². The van der Waals surface area contributed by atoms with E-state index >= 15 is 0 Å². The second kappa shape index (κ2) is 5.27. The van der Waals surface area contributed by atoms with E-state index in [0.717, 1.165) is 0 Å². The number of urea groups is 1. The van der Waals surface area contributed by atoms with Crippen molar-refractivity contribution in [3.05, 3.63) is 34.9 Å². The van der Waals surface area contributed by atoms with E-state index in [2.05, 4.69) is 5.32 Å². The van der Waals surface area contributed by atoms with Gasteiger partial charge in [0.25, 0.3) is 0 Å². The molecule has 17 heavy (non-hydrogen) atoms. The maximum Gasteiger partial charge on any atom is 0.412 e. The molecule has 0 heterocycles. The number of hydrogen-bond donors (Lipinski definition) is 2. The number of halogens is 4. The molecule has 0 spiro atoms. The Labute approximate surface area is 101 Å². The Bertz CT molecular complexity index is 392. The number of carbonyl (C=O) groups is 1. The van der Waals surface area contributed by atoms with Crippen molar-refractivity contribution in [3.63, 3.8) is 0 Å². The molecule has 0 aliphatic heterocycles. The lowest BCUT2D eigenvalue weighted by molar-refractivity contribution is -0.154. The zero-order chi connectivity index (χ0) is 13.1. The van der Waals surface area contributed by atoms with Crippen molar-refractivity contribution in [1.82, 2.24) is 10.6 Å². The molecule has 0 bridgehead atoms. The van der Waals surface area contributed by atoms with E-state index in [0.29, 0.717) is 5.02 Å². The lowest BCUT2D eigenvalue weighted by Crippen LogP contribution is -2.42. The van der Waals surface area contributed by atoms with Crippen LogP contribution in [-0.2, 0) is 0 Å². The van der Waals surface area contributed by atoms with Crippen LogP contribution in [0.5, 0.6) is 0 Å². The van der Waals surface area contributed by atoms with Gasteiger partial charge in [-0.1, -0.05) is 23.7 Å². The van der Waals surface area contributed by atoms with Crippen molar-refractivity contribution in [3.8, 4) is 0 Å². The van der Waals surface area contributed by atoms with Crippen LogP contribution in [0, 0.1) is 0 Å². The van der Waals surface area contributed by atoms with Gasteiger partial charge < -0.3 is 10.6 Å². The molecule has 94 valence electrons. The van der Waals surface area contributed by atoms with Gasteiger partial charge in [-0.05, 0) is 17.7 Å². The summed E-state index contributed by atoms with van der Waals surface area (Å²) < 4.78 is 38.2. The SMILES string of the molecule is CNC(=O)NC(c1ccc(Cl)cc1)C(F)(F)F. The summed E-state index contributed by atoms with van der Waals surface area (Å²) in [6.07, 6.45) is -4.57. The predicted octanol–water partition coefficient (Wildman–Crippen LogP) is 2.87. The van der Waals surface area contributed by atoms with Crippen molar-refractivity contribution >= 4 is 17.6 Å². The van der Waals surface area contributed by atoms with E-state index in [1.54, 1.807) is 0 Å². The van der Waals surface area contributed by atoms with Crippen molar-refractivity contribution in [1.29, 1.82) is 0 Å². The average molecular weight is 267 g/mol. The largest absolute Gasteiger partial charge is 0.412 e. The van der Waals surface area contributed by atoms with Crippen LogP contribution in [0.3, 0.4) is 0 Å². The summed E-state index contributed by atoms with van der Waals surface area (Å²) in [4.78, 5) is 11.0. The molecular formula is C10H10ClF3N2O. The van der Waals surface area contributed by atoms with Crippen molar-refractivity contribution in [2.45, 2.75) is 12.2 Å². The van der Waals surface area contributed by atoms with Gasteiger partial charge in [-0.25, -0.2) is 4.79 Å². The highest BCUT2D eigenvalue weighted by molar-refractivity contribution is 6.30. The molecule has 0 radical (unpaired) electrons. The number of alkyl halides is 3. The van der Waals surface area contributed by atoms with Crippen LogP contribution in [0.15, 0.2) is 24.3 Å². The zero-order valence-corrected chi connectivity index (χ0v) is 9.56. The first-order chi connectivity index (χ1) is 7.84. The van der Waals surface area contributed by atoms with Gasteiger partial charge in [0, 0.05) is 12.1 Å². The van der Waals surface area contributed by atoms with Crippen LogP contribution in [0.2, 0.25) is 5.02 Å². The van der Waals surface area contributed by atoms with Gasteiger partial charge in [-0.2, -0.15) is 13.2 Å². The van der Waals surface area contributed by atoms with Gasteiger partial charge in [-0.15, -0.1) is 0 Å². The topological polar surface area (TPSA) is 41.1 Å². The molecule has 7 heteroatoms. The molecule has 0 aliphatic carbocycles. The molecule has 0 aliphatic rings. The molecule has 0 saturated heterocycles. The van der Waals surface area contributed by atoms with Gasteiger partial charge in [0.2, 0.25) is 0 Å². The van der Waals surface area contributed by atoms with E-state index in [-0.39, 0.29) is 5.56 Å². The van der Waals surface area contributed by atoms with Crippen LogP contribution in [-0.4, -0.2) is 19.3 Å². The maximum atomic E-state index is 12.7. The summed E-state index contributed by atoms with van der Waals surface area (Å²) in [7, 11) is 1.24. The van der Waals surface area contributed by atoms with E-state index in [1.807, 2.05) is 5.32 Å². The molecule has 1 rings (SSSR count). The molecule has 0 aromatic heterocycles. The highest BCUT2D eigenvalue weighted by Crippen LogP contribution is 2.32. The third kappa shape index (κ3) is 3.81. The number of amides is 2. The van der Waals surface area contributed by atoms with Gasteiger partial charge in [0.1, 0.15) is 0 Å². The van der Waals surface area contributed by atoms with Crippen molar-refractivity contribution in [2.24, 2.45) is 0 Å². The minimum Gasteiger partial charge on any atom is -0.341 e. The molecular weight excluding hydrogens is 257 g/mol. The molecule has 2 amide bonds. The van der Waals surface area contributed by atoms with E-state index in [1.165, 1.54) is 31.3 Å². The second-order valence-corrected chi connectivity index (χ2v) is 3.69. The Morgan fingerprint density at radius 1 is 1.29 bits per heavy atom. The summed E-state index contributed by atoms with van der Waals surface area (Å²) in [5.74, 6) is 0. The Kier molecular flexibility index (Phi) is 4.22. The first-order valence-electron chi connectivity index (χ1n) is 4.65.